The van der Waals surface area contributed by atoms with Crippen LogP contribution >= 0.6 is 0 Å². The predicted octanol–water partition coefficient (Wildman–Crippen LogP) is 3.37. The number of unbranched alkanes of at least 4 members (excludes halogenated alkanes) is 1. The van der Waals surface area contributed by atoms with Gasteiger partial charge in [0, 0.05) is 4.91 Å². The molecule has 0 radical (unpaired) electrons. The molecule has 1 N–H and O–H groups in total. The molecule has 0 heterocycles. The molecule has 4 nitrogen and oxygen atoms in total. The third kappa shape index (κ3) is 3.93. The normalized spacial score (nSPS) is 11.9. The van der Waals surface area contributed by atoms with Crippen LogP contribution in [-0.4, -0.2) is 11.7 Å². The minimum Gasteiger partial charge on any atom is -0.388 e. The highest BCUT2D eigenvalue weighted by Crippen LogP contribution is 2.15. The van der Waals surface area contributed by atoms with Crippen molar-refractivity contribution in [3.8, 4) is 0 Å². The highest BCUT2D eigenvalue weighted by Gasteiger charge is 2.05. The molecule has 1 aromatic rings. The van der Waals surface area contributed by atoms with Crippen LogP contribution in [0.2, 0.25) is 0 Å². The van der Waals surface area contributed by atoms with Gasteiger partial charge >= 0.3 is 0 Å². The van der Waals surface area contributed by atoms with Crippen LogP contribution in [0.3, 0.4) is 0 Å². The van der Waals surface area contributed by atoms with Gasteiger partial charge in [-0.1, -0.05) is 42.7 Å². The first-order valence-corrected chi connectivity index (χ1v) is 5.55. The zero-order chi connectivity index (χ0) is 11.8. The lowest BCUT2D eigenvalue weighted by Crippen LogP contribution is -2.00. The van der Waals surface area contributed by atoms with Gasteiger partial charge in [0.25, 0.3) is 0 Å². The number of aliphatic hydroxyl groups excluding tert-OH is 1. The van der Waals surface area contributed by atoms with Crippen LogP contribution in [0.4, 0.5) is 0 Å². The third-order valence-electron chi connectivity index (χ3n) is 2.50. The molecular formula is C12H17N3O. The molecule has 0 amide bonds. The summed E-state index contributed by atoms with van der Waals surface area (Å²) in [5, 5.41) is 13.0. The standard InChI is InChI=1S/C12H17N3O/c1-2-3-4-10-5-7-11(8-6-10)12(16)9-14-15-13/h5-8,12,16H,2-4,9H2,1H3. The summed E-state index contributed by atoms with van der Waals surface area (Å²) in [6, 6.07) is 7.82. The van der Waals surface area contributed by atoms with Gasteiger partial charge < -0.3 is 5.11 Å². The van der Waals surface area contributed by atoms with Gasteiger partial charge in [-0.3, -0.25) is 0 Å². The Kier molecular flexibility index (Phi) is 5.40. The van der Waals surface area contributed by atoms with Crippen LogP contribution in [0.1, 0.15) is 37.0 Å². The summed E-state index contributed by atoms with van der Waals surface area (Å²) in [6.45, 7) is 2.25. The fourth-order valence-electron chi connectivity index (χ4n) is 1.51. The van der Waals surface area contributed by atoms with E-state index >= 15 is 0 Å². The van der Waals surface area contributed by atoms with Crippen LogP contribution in [0.15, 0.2) is 29.4 Å². The number of hydrogen-bond donors (Lipinski definition) is 1. The van der Waals surface area contributed by atoms with Crippen LogP contribution in [0.25, 0.3) is 10.4 Å². The van der Waals surface area contributed by atoms with Crippen LogP contribution < -0.4 is 0 Å². The Labute approximate surface area is 95.5 Å². The molecule has 0 spiro atoms. The molecule has 0 aliphatic carbocycles. The Balaban J connectivity index is 2.59. The number of aryl methyl sites for hydroxylation is 1. The summed E-state index contributed by atoms with van der Waals surface area (Å²) < 4.78 is 0. The molecule has 1 atom stereocenters. The first-order valence-electron chi connectivity index (χ1n) is 5.55. The van der Waals surface area contributed by atoms with Crippen molar-refractivity contribution in [2.24, 2.45) is 5.11 Å². The molecule has 0 bridgehead atoms. The number of aliphatic hydroxyl groups is 1. The summed E-state index contributed by atoms with van der Waals surface area (Å²) >= 11 is 0. The topological polar surface area (TPSA) is 69.0 Å². The molecule has 16 heavy (non-hydrogen) atoms. The molecule has 1 unspecified atom stereocenters. The first-order chi connectivity index (χ1) is 7.77. The van der Waals surface area contributed by atoms with Crippen LogP contribution in [0, 0.1) is 0 Å². The lowest BCUT2D eigenvalue weighted by atomic mass is 10.0. The Morgan fingerprint density at radius 3 is 2.62 bits per heavy atom. The van der Waals surface area contributed by atoms with E-state index in [0.717, 1.165) is 12.0 Å². The largest absolute Gasteiger partial charge is 0.388 e. The Morgan fingerprint density at radius 2 is 2.06 bits per heavy atom. The molecule has 0 saturated heterocycles. The van der Waals surface area contributed by atoms with Crippen molar-refractivity contribution in [3.63, 3.8) is 0 Å². The average molecular weight is 219 g/mol. The van der Waals surface area contributed by atoms with Crippen molar-refractivity contribution < 1.29 is 5.11 Å². The fraction of sp³-hybridized carbons (Fsp3) is 0.500. The molecule has 0 aromatic heterocycles. The second-order valence-corrected chi connectivity index (χ2v) is 3.77. The molecule has 0 fully saturated rings. The molecule has 1 rings (SSSR count). The van der Waals surface area contributed by atoms with Gasteiger partial charge in [-0.25, -0.2) is 0 Å². The molecule has 0 saturated carbocycles. The van der Waals surface area contributed by atoms with Gasteiger partial charge in [0.05, 0.1) is 12.6 Å². The van der Waals surface area contributed by atoms with E-state index in [1.165, 1.54) is 18.4 Å². The van der Waals surface area contributed by atoms with Gasteiger partial charge in [0.15, 0.2) is 0 Å². The molecule has 4 heteroatoms. The second kappa shape index (κ2) is 6.88. The maximum Gasteiger partial charge on any atom is 0.0846 e. The van der Waals surface area contributed by atoms with E-state index in [2.05, 4.69) is 16.9 Å². The highest BCUT2D eigenvalue weighted by molar-refractivity contribution is 5.24. The van der Waals surface area contributed by atoms with Crippen molar-refractivity contribution in [1.29, 1.82) is 0 Å². The SMILES string of the molecule is CCCCc1ccc(C(O)CN=[N+]=[N-])cc1. The smallest absolute Gasteiger partial charge is 0.0846 e. The first kappa shape index (κ1) is 12.6. The Bertz CT molecular complexity index is 355. The van der Waals surface area contributed by atoms with E-state index in [0.29, 0.717) is 0 Å². The summed E-state index contributed by atoms with van der Waals surface area (Å²) in [6.07, 6.45) is 2.74. The maximum absolute atomic E-state index is 9.65. The van der Waals surface area contributed by atoms with E-state index < -0.39 is 6.10 Å². The Morgan fingerprint density at radius 1 is 1.38 bits per heavy atom. The number of benzene rings is 1. The highest BCUT2D eigenvalue weighted by atomic mass is 16.3. The van der Waals surface area contributed by atoms with E-state index in [9.17, 15) is 5.11 Å². The lowest BCUT2D eigenvalue weighted by Gasteiger charge is -2.08. The fourth-order valence-corrected chi connectivity index (χ4v) is 1.51. The van der Waals surface area contributed by atoms with E-state index in [1.807, 2.05) is 24.3 Å². The molecule has 1 aromatic carbocycles. The number of hydrogen-bond acceptors (Lipinski definition) is 2. The van der Waals surface area contributed by atoms with Crippen LogP contribution in [-0.2, 0) is 6.42 Å². The lowest BCUT2D eigenvalue weighted by molar-refractivity contribution is 0.187. The van der Waals surface area contributed by atoms with E-state index in [1.54, 1.807) is 0 Å². The summed E-state index contributed by atoms with van der Waals surface area (Å²) in [5.74, 6) is 0. The summed E-state index contributed by atoms with van der Waals surface area (Å²) in [5.41, 5.74) is 10.2. The van der Waals surface area contributed by atoms with Gasteiger partial charge in [-0.2, -0.15) is 0 Å². The molecule has 0 aliphatic heterocycles. The van der Waals surface area contributed by atoms with Gasteiger partial charge in [0.1, 0.15) is 0 Å². The van der Waals surface area contributed by atoms with Gasteiger partial charge in [-0.15, -0.1) is 0 Å². The van der Waals surface area contributed by atoms with Gasteiger partial charge in [-0.05, 0) is 29.5 Å². The van der Waals surface area contributed by atoms with Crippen molar-refractivity contribution >= 4 is 0 Å². The number of azide groups is 1. The van der Waals surface area contributed by atoms with Crippen molar-refractivity contribution in [1.82, 2.24) is 0 Å². The monoisotopic (exact) mass is 219 g/mol. The van der Waals surface area contributed by atoms with Crippen molar-refractivity contribution in [3.05, 3.63) is 45.8 Å². The minimum atomic E-state index is -0.698. The van der Waals surface area contributed by atoms with E-state index in [-0.39, 0.29) is 6.54 Å². The van der Waals surface area contributed by atoms with E-state index in [4.69, 9.17) is 5.53 Å². The zero-order valence-electron chi connectivity index (χ0n) is 9.50. The van der Waals surface area contributed by atoms with Crippen LogP contribution in [0.5, 0.6) is 0 Å². The average Bonchev–Trinajstić information content (AvgIpc) is 2.34. The summed E-state index contributed by atoms with van der Waals surface area (Å²) in [4.78, 5) is 2.62. The maximum atomic E-state index is 9.65. The minimum absolute atomic E-state index is 0.0881. The zero-order valence-corrected chi connectivity index (χ0v) is 9.50. The quantitative estimate of drug-likeness (QED) is 0.444. The van der Waals surface area contributed by atoms with Crippen molar-refractivity contribution in [2.75, 3.05) is 6.54 Å². The molecule has 86 valence electrons. The summed E-state index contributed by atoms with van der Waals surface area (Å²) in [7, 11) is 0. The second-order valence-electron chi connectivity index (χ2n) is 3.77. The molecular weight excluding hydrogens is 202 g/mol. The van der Waals surface area contributed by atoms with Gasteiger partial charge in [0.2, 0.25) is 0 Å². The predicted molar refractivity (Wildman–Crippen MR) is 64.0 cm³/mol. The number of nitrogens with zero attached hydrogens (tertiary/aromatic N) is 3. The third-order valence-corrected chi connectivity index (χ3v) is 2.50. The Hall–Kier alpha value is -1.51. The number of rotatable bonds is 6. The van der Waals surface area contributed by atoms with Crippen molar-refractivity contribution in [2.45, 2.75) is 32.3 Å². The molecule has 0 aliphatic rings.